The summed E-state index contributed by atoms with van der Waals surface area (Å²) in [4.78, 5) is 11.4. The second kappa shape index (κ2) is 6.78. The first kappa shape index (κ1) is 19.3. The fourth-order valence-electron chi connectivity index (χ4n) is 7.99. The van der Waals surface area contributed by atoms with E-state index in [-0.39, 0.29) is 12.1 Å². The summed E-state index contributed by atoms with van der Waals surface area (Å²) < 4.78 is 5.60. The quantitative estimate of drug-likeness (QED) is 0.429. The number of hydrogen-bond donors (Lipinski definition) is 0. The van der Waals surface area contributed by atoms with Crippen molar-refractivity contribution in [3.8, 4) is 0 Å². The van der Waals surface area contributed by atoms with Crippen LogP contribution in [0.1, 0.15) is 79.1 Å². The van der Waals surface area contributed by atoms with E-state index in [1.165, 1.54) is 38.5 Å². The lowest BCUT2D eigenvalue weighted by molar-refractivity contribution is -0.158. The average Bonchev–Trinajstić information content (AvgIpc) is 2.98. The molecule has 0 aromatic rings. The molecule has 0 saturated heterocycles. The Bertz CT molecular complexity index is 649. The van der Waals surface area contributed by atoms with Crippen LogP contribution < -0.4 is 0 Å². The molecule has 150 valence electrons. The predicted molar refractivity (Wildman–Crippen MR) is 110 cm³/mol. The van der Waals surface area contributed by atoms with Gasteiger partial charge in [0.2, 0.25) is 0 Å². The van der Waals surface area contributed by atoms with E-state index in [1.807, 2.05) is 0 Å². The highest BCUT2D eigenvalue weighted by Crippen LogP contribution is 2.67. The summed E-state index contributed by atoms with van der Waals surface area (Å²) in [6, 6.07) is 0. The van der Waals surface area contributed by atoms with Crippen LogP contribution in [-0.2, 0) is 9.53 Å². The van der Waals surface area contributed by atoms with Gasteiger partial charge >= 0.3 is 5.97 Å². The van der Waals surface area contributed by atoms with Crippen molar-refractivity contribution < 1.29 is 9.53 Å². The number of hydrogen-bond acceptors (Lipinski definition) is 2. The molecule has 3 fully saturated rings. The van der Waals surface area contributed by atoms with E-state index in [2.05, 4.69) is 39.5 Å². The molecular formula is C25H38O2. The molecule has 2 nitrogen and oxygen atoms in total. The minimum Gasteiger partial charge on any atom is -0.463 e. The molecule has 0 bridgehead atoms. The number of carbonyl (C=O) groups excluding carboxylic acids is 1. The molecule has 0 aromatic heterocycles. The smallest absolute Gasteiger partial charge is 0.302 e. The third-order valence-electron chi connectivity index (χ3n) is 9.44. The van der Waals surface area contributed by atoms with Crippen molar-refractivity contribution in [1.29, 1.82) is 0 Å². The maximum Gasteiger partial charge on any atom is 0.302 e. The Labute approximate surface area is 165 Å². The monoisotopic (exact) mass is 370 g/mol. The van der Waals surface area contributed by atoms with Crippen molar-refractivity contribution in [3.63, 3.8) is 0 Å². The molecule has 0 spiro atoms. The maximum atomic E-state index is 11.4. The average molecular weight is 371 g/mol. The lowest BCUT2D eigenvalue weighted by Crippen LogP contribution is -2.54. The van der Waals surface area contributed by atoms with Gasteiger partial charge < -0.3 is 4.74 Å². The largest absolute Gasteiger partial charge is 0.463 e. The van der Waals surface area contributed by atoms with Gasteiger partial charge in [0.15, 0.2) is 0 Å². The molecule has 0 aromatic carbocycles. The van der Waals surface area contributed by atoms with Gasteiger partial charge in [0, 0.05) is 6.92 Å². The molecule has 2 heteroatoms. The Balaban J connectivity index is 1.53. The van der Waals surface area contributed by atoms with Gasteiger partial charge in [-0.05, 0) is 91.8 Å². The standard InChI is InChI=1S/C25H38O2/c1-6-16(2)21-9-10-22-20-8-7-18-15-19(27-17(3)26)11-13-24(18,4)23(20)12-14-25(21,22)5/h6,9,16,18-20,22-23H,1,7-8,10-15H2,2-5H3/t16-,18+,19-,20+,22+,23+,24+,25-/m1/s1. The molecule has 4 aliphatic carbocycles. The minimum atomic E-state index is -0.105. The van der Waals surface area contributed by atoms with Crippen molar-refractivity contribution in [1.82, 2.24) is 0 Å². The Morgan fingerprint density at radius 1 is 1.22 bits per heavy atom. The Hall–Kier alpha value is -1.05. The van der Waals surface area contributed by atoms with Crippen LogP contribution in [0.2, 0.25) is 0 Å². The van der Waals surface area contributed by atoms with Gasteiger partial charge in [-0.1, -0.05) is 38.5 Å². The maximum absolute atomic E-state index is 11.4. The van der Waals surface area contributed by atoms with Gasteiger partial charge in [0.1, 0.15) is 6.10 Å². The first-order valence-electron chi connectivity index (χ1n) is 11.3. The molecule has 0 N–H and O–H groups in total. The highest BCUT2D eigenvalue weighted by molar-refractivity contribution is 5.66. The minimum absolute atomic E-state index is 0.105. The highest BCUT2D eigenvalue weighted by Gasteiger charge is 2.58. The third kappa shape index (κ3) is 2.93. The van der Waals surface area contributed by atoms with E-state index in [1.54, 1.807) is 12.5 Å². The number of fused-ring (bicyclic) bond motifs is 5. The molecule has 0 aliphatic heterocycles. The summed E-state index contributed by atoms with van der Waals surface area (Å²) in [6.07, 6.45) is 15.0. The number of esters is 1. The lowest BCUT2D eigenvalue weighted by Gasteiger charge is -2.61. The second-order valence-corrected chi connectivity index (χ2v) is 10.5. The molecule has 0 unspecified atom stereocenters. The van der Waals surface area contributed by atoms with Gasteiger partial charge in [-0.2, -0.15) is 0 Å². The number of ether oxygens (including phenoxy) is 1. The third-order valence-corrected chi connectivity index (χ3v) is 9.44. The van der Waals surface area contributed by atoms with Crippen LogP contribution in [0.5, 0.6) is 0 Å². The fourth-order valence-corrected chi connectivity index (χ4v) is 7.99. The molecule has 27 heavy (non-hydrogen) atoms. The summed E-state index contributed by atoms with van der Waals surface area (Å²) in [7, 11) is 0. The zero-order valence-electron chi connectivity index (χ0n) is 17.8. The Morgan fingerprint density at radius 2 is 2.00 bits per heavy atom. The van der Waals surface area contributed by atoms with Crippen LogP contribution in [0, 0.1) is 40.4 Å². The Morgan fingerprint density at radius 3 is 2.70 bits per heavy atom. The van der Waals surface area contributed by atoms with E-state index < -0.39 is 0 Å². The van der Waals surface area contributed by atoms with Gasteiger partial charge in [0.05, 0.1) is 0 Å². The van der Waals surface area contributed by atoms with Crippen LogP contribution in [0.25, 0.3) is 0 Å². The van der Waals surface area contributed by atoms with E-state index in [9.17, 15) is 4.79 Å². The van der Waals surface area contributed by atoms with E-state index >= 15 is 0 Å². The molecule has 4 rings (SSSR count). The Kier molecular flexibility index (Phi) is 4.84. The second-order valence-electron chi connectivity index (χ2n) is 10.5. The molecule has 8 atom stereocenters. The number of allylic oxidation sites excluding steroid dienone is 3. The zero-order chi connectivity index (χ0) is 19.4. The molecule has 3 saturated carbocycles. The van der Waals surface area contributed by atoms with Crippen LogP contribution >= 0.6 is 0 Å². The topological polar surface area (TPSA) is 26.3 Å². The van der Waals surface area contributed by atoms with E-state index in [0.717, 1.165) is 36.5 Å². The first-order valence-corrected chi connectivity index (χ1v) is 11.3. The van der Waals surface area contributed by atoms with E-state index in [0.29, 0.717) is 16.7 Å². The van der Waals surface area contributed by atoms with Crippen molar-refractivity contribution in [2.45, 2.75) is 85.2 Å². The number of rotatable bonds is 3. The van der Waals surface area contributed by atoms with Crippen molar-refractivity contribution in [2.24, 2.45) is 40.4 Å². The van der Waals surface area contributed by atoms with Crippen molar-refractivity contribution in [2.75, 3.05) is 0 Å². The SMILES string of the molecule is C=C[C@@H](C)C1=CC[C@H]2[C@@H]3CC[C@H]4C[C@H](OC(C)=O)CC[C@]4(C)[C@H]3CC[C@]12C. The van der Waals surface area contributed by atoms with E-state index in [4.69, 9.17) is 4.74 Å². The zero-order valence-corrected chi connectivity index (χ0v) is 17.8. The molecule has 0 amide bonds. The summed E-state index contributed by atoms with van der Waals surface area (Å²) >= 11 is 0. The normalized spacial score (nSPS) is 47.1. The molecular weight excluding hydrogens is 332 g/mol. The summed E-state index contributed by atoms with van der Waals surface area (Å²) in [5.74, 6) is 3.72. The fraction of sp³-hybridized carbons (Fsp3) is 0.800. The number of carbonyl (C=O) groups is 1. The van der Waals surface area contributed by atoms with Crippen molar-refractivity contribution >= 4 is 5.97 Å². The summed E-state index contributed by atoms with van der Waals surface area (Å²) in [6.45, 7) is 13.1. The van der Waals surface area contributed by atoms with Crippen LogP contribution in [0.4, 0.5) is 0 Å². The first-order chi connectivity index (χ1) is 12.8. The van der Waals surface area contributed by atoms with Gasteiger partial charge in [-0.3, -0.25) is 4.79 Å². The summed E-state index contributed by atoms with van der Waals surface area (Å²) in [5, 5.41) is 0. The predicted octanol–water partition coefficient (Wildman–Crippen LogP) is 6.32. The van der Waals surface area contributed by atoms with Gasteiger partial charge in [0.25, 0.3) is 0 Å². The van der Waals surface area contributed by atoms with Crippen LogP contribution in [0.3, 0.4) is 0 Å². The van der Waals surface area contributed by atoms with Gasteiger partial charge in [-0.25, -0.2) is 0 Å². The van der Waals surface area contributed by atoms with Crippen LogP contribution in [-0.4, -0.2) is 12.1 Å². The highest BCUT2D eigenvalue weighted by atomic mass is 16.5. The molecule has 0 radical (unpaired) electrons. The molecule has 4 aliphatic rings. The summed E-state index contributed by atoms with van der Waals surface area (Å²) in [5.41, 5.74) is 2.52. The van der Waals surface area contributed by atoms with Crippen LogP contribution in [0.15, 0.2) is 24.3 Å². The molecule has 0 heterocycles. The lowest BCUT2D eigenvalue weighted by atomic mass is 9.44. The van der Waals surface area contributed by atoms with Crippen molar-refractivity contribution in [3.05, 3.63) is 24.3 Å². The van der Waals surface area contributed by atoms with Gasteiger partial charge in [-0.15, -0.1) is 6.58 Å².